The van der Waals surface area contributed by atoms with Crippen LogP contribution in [0.2, 0.25) is 0 Å². The van der Waals surface area contributed by atoms with Crippen LogP contribution in [0, 0.1) is 6.92 Å². The van der Waals surface area contributed by atoms with Gasteiger partial charge in [-0.25, -0.2) is 4.98 Å². The van der Waals surface area contributed by atoms with Crippen molar-refractivity contribution in [1.82, 2.24) is 9.88 Å². The van der Waals surface area contributed by atoms with Crippen LogP contribution in [0.1, 0.15) is 24.3 Å². The van der Waals surface area contributed by atoms with E-state index in [9.17, 15) is 18.3 Å². The van der Waals surface area contributed by atoms with Crippen molar-refractivity contribution in [3.8, 4) is 11.5 Å². The van der Waals surface area contributed by atoms with Gasteiger partial charge in [0.1, 0.15) is 5.76 Å². The van der Waals surface area contributed by atoms with E-state index in [1.807, 2.05) is 35.2 Å². The van der Waals surface area contributed by atoms with Gasteiger partial charge in [0.15, 0.2) is 5.60 Å². The van der Waals surface area contributed by atoms with Crippen LogP contribution in [0.4, 0.5) is 13.2 Å². The van der Waals surface area contributed by atoms with E-state index in [1.165, 1.54) is 0 Å². The topological polar surface area (TPSA) is 49.5 Å². The Hall–Kier alpha value is -1.86. The molecule has 0 bridgehead atoms. The number of alkyl halides is 3. The number of hydrogen-bond acceptors (Lipinski definition) is 4. The Kier molecular flexibility index (Phi) is 4.40. The molecule has 0 spiro atoms. The van der Waals surface area contributed by atoms with E-state index in [2.05, 4.69) is 4.98 Å². The van der Waals surface area contributed by atoms with Crippen LogP contribution in [-0.4, -0.2) is 39.9 Å². The van der Waals surface area contributed by atoms with Gasteiger partial charge >= 0.3 is 6.18 Å². The van der Waals surface area contributed by atoms with Crippen molar-refractivity contribution >= 4 is 0 Å². The number of piperidine rings is 1. The molecule has 0 radical (unpaired) electrons. The van der Waals surface area contributed by atoms with Crippen LogP contribution in [-0.2, 0) is 6.54 Å². The molecule has 0 saturated carbocycles. The molecule has 1 fully saturated rings. The Bertz CT molecular complexity index is 690. The highest BCUT2D eigenvalue weighted by Crippen LogP contribution is 2.38. The van der Waals surface area contributed by atoms with Crippen LogP contribution in [0.15, 0.2) is 34.7 Å². The third kappa shape index (κ3) is 3.32. The van der Waals surface area contributed by atoms with E-state index >= 15 is 0 Å². The van der Waals surface area contributed by atoms with Crippen molar-refractivity contribution in [1.29, 1.82) is 0 Å². The highest BCUT2D eigenvalue weighted by Gasteiger charge is 2.54. The largest absolute Gasteiger partial charge is 0.441 e. The quantitative estimate of drug-likeness (QED) is 0.928. The first-order valence-electron chi connectivity index (χ1n) is 7.82. The third-order valence-corrected chi connectivity index (χ3v) is 4.50. The second kappa shape index (κ2) is 6.22. The molecule has 2 aromatic rings. The average molecular weight is 340 g/mol. The van der Waals surface area contributed by atoms with Gasteiger partial charge in [-0.3, -0.25) is 4.90 Å². The molecule has 24 heavy (non-hydrogen) atoms. The molecule has 1 N–H and O–H groups in total. The highest BCUT2D eigenvalue weighted by atomic mass is 19.4. The molecule has 1 aliphatic rings. The zero-order valence-electron chi connectivity index (χ0n) is 13.3. The minimum Gasteiger partial charge on any atom is -0.441 e. The third-order valence-electron chi connectivity index (χ3n) is 4.50. The van der Waals surface area contributed by atoms with E-state index in [1.54, 1.807) is 6.92 Å². The summed E-state index contributed by atoms with van der Waals surface area (Å²) in [6.45, 7) is 2.55. The first-order valence-corrected chi connectivity index (χ1v) is 7.82. The monoisotopic (exact) mass is 340 g/mol. The molecule has 0 unspecified atom stereocenters. The molecule has 4 nitrogen and oxygen atoms in total. The number of aryl methyl sites for hydroxylation is 1. The Morgan fingerprint density at radius 2 is 1.83 bits per heavy atom. The smallest absolute Gasteiger partial charge is 0.417 e. The van der Waals surface area contributed by atoms with E-state index < -0.39 is 11.8 Å². The van der Waals surface area contributed by atoms with Crippen molar-refractivity contribution in [2.75, 3.05) is 13.1 Å². The lowest BCUT2D eigenvalue weighted by Gasteiger charge is -2.38. The predicted molar refractivity (Wildman–Crippen MR) is 82.2 cm³/mol. The van der Waals surface area contributed by atoms with E-state index in [-0.39, 0.29) is 25.9 Å². The second-order valence-corrected chi connectivity index (χ2v) is 6.19. The fraction of sp³-hybridized carbons (Fsp3) is 0.471. The maximum atomic E-state index is 12.8. The van der Waals surface area contributed by atoms with Gasteiger partial charge in [0.2, 0.25) is 5.89 Å². The molecule has 0 aliphatic carbocycles. The fourth-order valence-electron chi connectivity index (χ4n) is 2.86. The van der Waals surface area contributed by atoms with E-state index in [0.29, 0.717) is 23.9 Å². The molecule has 0 amide bonds. The summed E-state index contributed by atoms with van der Waals surface area (Å²) in [5.41, 5.74) is -0.999. The standard InChI is InChI=1S/C17H19F3N2O2/c1-12-14(21-15(24-12)13-5-3-2-4-6-13)11-22-9-7-16(23,8-10-22)17(18,19)20/h2-6,23H,7-11H2,1H3. The van der Waals surface area contributed by atoms with E-state index in [0.717, 1.165) is 5.56 Å². The summed E-state index contributed by atoms with van der Waals surface area (Å²) in [7, 11) is 0. The second-order valence-electron chi connectivity index (χ2n) is 6.19. The first kappa shape index (κ1) is 17.0. The summed E-state index contributed by atoms with van der Waals surface area (Å²) in [6.07, 6.45) is -5.22. The number of oxazole rings is 1. The molecule has 2 heterocycles. The zero-order chi connectivity index (χ0) is 17.4. The summed E-state index contributed by atoms with van der Waals surface area (Å²) in [5.74, 6) is 1.16. The molecular formula is C17H19F3N2O2. The summed E-state index contributed by atoms with van der Waals surface area (Å²) in [5, 5.41) is 9.71. The number of nitrogens with zero attached hydrogens (tertiary/aromatic N) is 2. The van der Waals surface area contributed by atoms with E-state index in [4.69, 9.17) is 4.42 Å². The first-order chi connectivity index (χ1) is 11.3. The lowest BCUT2D eigenvalue weighted by atomic mass is 9.91. The van der Waals surface area contributed by atoms with Gasteiger partial charge in [-0.2, -0.15) is 13.2 Å². The van der Waals surface area contributed by atoms with Gasteiger partial charge < -0.3 is 9.52 Å². The van der Waals surface area contributed by atoms with Crippen molar-refractivity contribution in [3.05, 3.63) is 41.8 Å². The Balaban J connectivity index is 1.67. The Morgan fingerprint density at radius 1 is 1.21 bits per heavy atom. The van der Waals surface area contributed by atoms with Gasteiger partial charge in [-0.05, 0) is 31.9 Å². The SMILES string of the molecule is Cc1oc(-c2ccccc2)nc1CN1CCC(O)(C(F)(F)F)CC1. The van der Waals surface area contributed by atoms with Gasteiger partial charge in [0.05, 0.1) is 5.69 Å². The molecule has 3 rings (SSSR count). The van der Waals surface area contributed by atoms with Crippen LogP contribution in [0.25, 0.3) is 11.5 Å². The number of hydrogen-bond donors (Lipinski definition) is 1. The maximum Gasteiger partial charge on any atom is 0.417 e. The molecule has 1 aliphatic heterocycles. The predicted octanol–water partition coefficient (Wildman–Crippen LogP) is 3.54. The summed E-state index contributed by atoms with van der Waals surface area (Å²) in [6, 6.07) is 9.45. The minimum atomic E-state index is -4.58. The number of likely N-dealkylation sites (tertiary alicyclic amines) is 1. The summed E-state index contributed by atoms with van der Waals surface area (Å²) >= 11 is 0. The summed E-state index contributed by atoms with van der Waals surface area (Å²) in [4.78, 5) is 6.33. The normalized spacial score (nSPS) is 18.7. The van der Waals surface area contributed by atoms with Crippen molar-refractivity contribution in [2.24, 2.45) is 0 Å². The van der Waals surface area contributed by atoms with Gasteiger partial charge in [0.25, 0.3) is 0 Å². The number of aromatic nitrogens is 1. The van der Waals surface area contributed by atoms with Gasteiger partial charge in [0, 0.05) is 25.2 Å². The summed E-state index contributed by atoms with van der Waals surface area (Å²) < 4.78 is 44.2. The van der Waals surface area contributed by atoms with Crippen molar-refractivity contribution < 1.29 is 22.7 Å². The number of aliphatic hydroxyl groups is 1. The molecular weight excluding hydrogens is 321 g/mol. The van der Waals surface area contributed by atoms with Crippen LogP contribution in [0.5, 0.6) is 0 Å². The average Bonchev–Trinajstić information content (AvgIpc) is 2.90. The number of halogens is 3. The van der Waals surface area contributed by atoms with Crippen molar-refractivity contribution in [2.45, 2.75) is 38.1 Å². The van der Waals surface area contributed by atoms with Crippen LogP contribution < -0.4 is 0 Å². The minimum absolute atomic E-state index is 0.170. The lowest BCUT2D eigenvalue weighted by molar-refractivity contribution is -0.272. The van der Waals surface area contributed by atoms with Crippen LogP contribution in [0.3, 0.4) is 0 Å². The molecule has 0 atom stereocenters. The van der Waals surface area contributed by atoms with Crippen molar-refractivity contribution in [3.63, 3.8) is 0 Å². The Morgan fingerprint density at radius 3 is 2.42 bits per heavy atom. The highest BCUT2D eigenvalue weighted by molar-refractivity contribution is 5.53. The number of rotatable bonds is 3. The lowest BCUT2D eigenvalue weighted by Crippen LogP contribution is -2.53. The molecule has 7 heteroatoms. The van der Waals surface area contributed by atoms with Gasteiger partial charge in [-0.15, -0.1) is 0 Å². The van der Waals surface area contributed by atoms with Crippen LogP contribution >= 0.6 is 0 Å². The maximum absolute atomic E-state index is 12.8. The molecule has 1 saturated heterocycles. The zero-order valence-corrected chi connectivity index (χ0v) is 13.3. The molecule has 1 aromatic carbocycles. The number of benzene rings is 1. The molecule has 1 aromatic heterocycles. The van der Waals surface area contributed by atoms with Gasteiger partial charge in [-0.1, -0.05) is 18.2 Å². The molecule has 130 valence electrons. The Labute approximate surface area is 137 Å². The fourth-order valence-corrected chi connectivity index (χ4v) is 2.86.